The second kappa shape index (κ2) is 8.49. The molecule has 2 N–H and O–H groups in total. The highest BCUT2D eigenvalue weighted by molar-refractivity contribution is 5.94. The second-order valence-electron chi connectivity index (χ2n) is 7.14. The van der Waals surface area contributed by atoms with Crippen molar-refractivity contribution in [1.82, 2.24) is 20.4 Å². The van der Waals surface area contributed by atoms with Crippen LogP contribution in [0.1, 0.15) is 58.6 Å². The summed E-state index contributed by atoms with van der Waals surface area (Å²) in [6.45, 7) is 9.85. The third-order valence-electron chi connectivity index (χ3n) is 5.41. The fourth-order valence-electron chi connectivity index (χ4n) is 3.88. The standard InChI is InChI=1S/C21H30N4O/c1-4-25-16(3)20(15(2)24-25)10-12-23-21(26)18-8-5-7-17(13-18)19-9-6-11-22-14-19/h5,7-8,13,19,22H,4,6,9-12,14H2,1-3H3,(H,23,26)/t19-/m0/s1. The number of piperidine rings is 1. The van der Waals surface area contributed by atoms with E-state index in [9.17, 15) is 4.79 Å². The maximum absolute atomic E-state index is 12.6. The molecule has 26 heavy (non-hydrogen) atoms. The van der Waals surface area contributed by atoms with Gasteiger partial charge in [0.25, 0.3) is 5.91 Å². The predicted molar refractivity (Wildman–Crippen MR) is 105 cm³/mol. The molecule has 2 heterocycles. The Hall–Kier alpha value is -2.14. The van der Waals surface area contributed by atoms with E-state index in [1.165, 1.54) is 29.7 Å². The summed E-state index contributed by atoms with van der Waals surface area (Å²) in [4.78, 5) is 12.6. The second-order valence-corrected chi connectivity index (χ2v) is 7.14. The Labute approximate surface area is 156 Å². The van der Waals surface area contributed by atoms with Crippen LogP contribution in [-0.2, 0) is 13.0 Å². The summed E-state index contributed by atoms with van der Waals surface area (Å²) in [5.74, 6) is 0.524. The molecule has 3 rings (SSSR count). The lowest BCUT2D eigenvalue weighted by molar-refractivity contribution is 0.0954. The highest BCUT2D eigenvalue weighted by atomic mass is 16.1. The molecule has 0 radical (unpaired) electrons. The van der Waals surface area contributed by atoms with Crippen LogP contribution in [0, 0.1) is 13.8 Å². The van der Waals surface area contributed by atoms with Crippen molar-refractivity contribution in [3.8, 4) is 0 Å². The summed E-state index contributed by atoms with van der Waals surface area (Å²) < 4.78 is 2.02. The molecule has 1 fully saturated rings. The highest BCUT2D eigenvalue weighted by Gasteiger charge is 2.17. The number of rotatable bonds is 6. The maximum Gasteiger partial charge on any atom is 0.251 e. The average Bonchev–Trinajstić information content (AvgIpc) is 2.96. The molecule has 2 aromatic rings. The van der Waals surface area contributed by atoms with Crippen LogP contribution in [-0.4, -0.2) is 35.3 Å². The Balaban J connectivity index is 1.59. The van der Waals surface area contributed by atoms with Gasteiger partial charge in [-0.2, -0.15) is 5.10 Å². The van der Waals surface area contributed by atoms with Crippen LogP contribution in [0.15, 0.2) is 24.3 Å². The van der Waals surface area contributed by atoms with Gasteiger partial charge in [0, 0.05) is 30.9 Å². The predicted octanol–water partition coefficient (Wildman–Crippen LogP) is 2.96. The van der Waals surface area contributed by atoms with E-state index in [-0.39, 0.29) is 5.91 Å². The van der Waals surface area contributed by atoms with E-state index in [0.29, 0.717) is 12.5 Å². The van der Waals surface area contributed by atoms with Crippen molar-refractivity contribution < 1.29 is 4.79 Å². The molecule has 1 atom stereocenters. The number of aryl methyl sites for hydroxylation is 2. The minimum atomic E-state index is 0.00816. The van der Waals surface area contributed by atoms with Gasteiger partial charge in [0.1, 0.15) is 0 Å². The summed E-state index contributed by atoms with van der Waals surface area (Å²) in [5.41, 5.74) is 5.53. The van der Waals surface area contributed by atoms with Crippen LogP contribution in [0.4, 0.5) is 0 Å². The Bertz CT molecular complexity index is 759. The molecule has 1 aromatic carbocycles. The molecule has 0 unspecified atom stereocenters. The van der Waals surface area contributed by atoms with Gasteiger partial charge in [-0.15, -0.1) is 0 Å². The van der Waals surface area contributed by atoms with E-state index in [0.717, 1.165) is 37.3 Å². The maximum atomic E-state index is 12.6. The van der Waals surface area contributed by atoms with Crippen LogP contribution in [0.2, 0.25) is 0 Å². The van der Waals surface area contributed by atoms with E-state index in [2.05, 4.69) is 41.7 Å². The number of hydrogen-bond donors (Lipinski definition) is 2. The van der Waals surface area contributed by atoms with Crippen LogP contribution in [0.5, 0.6) is 0 Å². The third kappa shape index (κ3) is 4.15. The first-order valence-corrected chi connectivity index (χ1v) is 9.72. The van der Waals surface area contributed by atoms with Crippen molar-refractivity contribution in [3.05, 3.63) is 52.3 Å². The summed E-state index contributed by atoms with van der Waals surface area (Å²) in [6, 6.07) is 8.10. The number of nitrogens with one attached hydrogen (secondary N) is 2. The van der Waals surface area contributed by atoms with Gasteiger partial charge in [-0.3, -0.25) is 9.48 Å². The quantitative estimate of drug-likeness (QED) is 0.838. The summed E-state index contributed by atoms with van der Waals surface area (Å²) in [5, 5.41) is 11.1. The molecule has 0 bridgehead atoms. The molecule has 0 aliphatic carbocycles. The molecule has 5 nitrogen and oxygen atoms in total. The zero-order chi connectivity index (χ0) is 18.5. The van der Waals surface area contributed by atoms with Crippen molar-refractivity contribution in [3.63, 3.8) is 0 Å². The van der Waals surface area contributed by atoms with Gasteiger partial charge in [-0.25, -0.2) is 0 Å². The van der Waals surface area contributed by atoms with E-state index in [4.69, 9.17) is 0 Å². The number of carbonyl (C=O) groups is 1. The van der Waals surface area contributed by atoms with Crippen LogP contribution >= 0.6 is 0 Å². The lowest BCUT2D eigenvalue weighted by Crippen LogP contribution is -2.29. The lowest BCUT2D eigenvalue weighted by atomic mass is 9.90. The molecular formula is C21H30N4O. The molecule has 1 aromatic heterocycles. The number of nitrogens with zero attached hydrogens (tertiary/aromatic N) is 2. The fraction of sp³-hybridized carbons (Fsp3) is 0.524. The van der Waals surface area contributed by atoms with Gasteiger partial charge in [0.15, 0.2) is 0 Å². The number of carbonyl (C=O) groups excluding carboxylic acids is 1. The van der Waals surface area contributed by atoms with E-state index < -0.39 is 0 Å². The van der Waals surface area contributed by atoms with Gasteiger partial charge in [0.2, 0.25) is 0 Å². The van der Waals surface area contributed by atoms with Gasteiger partial charge >= 0.3 is 0 Å². The third-order valence-corrected chi connectivity index (χ3v) is 5.41. The zero-order valence-corrected chi connectivity index (χ0v) is 16.1. The number of hydrogen-bond acceptors (Lipinski definition) is 3. The highest BCUT2D eigenvalue weighted by Crippen LogP contribution is 2.23. The van der Waals surface area contributed by atoms with Crippen molar-refractivity contribution in [2.24, 2.45) is 0 Å². The first-order chi connectivity index (χ1) is 12.6. The summed E-state index contributed by atoms with van der Waals surface area (Å²) in [6.07, 6.45) is 3.21. The molecule has 5 heteroatoms. The molecule has 140 valence electrons. The SMILES string of the molecule is CCn1nc(C)c(CCNC(=O)c2cccc([C@H]3CCCNC3)c2)c1C. The zero-order valence-electron chi connectivity index (χ0n) is 16.1. The van der Waals surface area contributed by atoms with Crippen LogP contribution in [0.25, 0.3) is 0 Å². The molecule has 0 saturated carbocycles. The normalized spacial score (nSPS) is 17.3. The largest absolute Gasteiger partial charge is 0.352 e. The van der Waals surface area contributed by atoms with Crippen LogP contribution < -0.4 is 10.6 Å². The topological polar surface area (TPSA) is 59.0 Å². The number of benzene rings is 1. The van der Waals surface area contributed by atoms with Crippen molar-refractivity contribution >= 4 is 5.91 Å². The van der Waals surface area contributed by atoms with Gasteiger partial charge in [0.05, 0.1) is 5.69 Å². The molecule has 0 spiro atoms. The van der Waals surface area contributed by atoms with Crippen molar-refractivity contribution in [2.75, 3.05) is 19.6 Å². The Morgan fingerprint density at radius 3 is 2.92 bits per heavy atom. The summed E-state index contributed by atoms with van der Waals surface area (Å²) in [7, 11) is 0. The Morgan fingerprint density at radius 2 is 2.23 bits per heavy atom. The average molecular weight is 354 g/mol. The monoisotopic (exact) mass is 354 g/mol. The minimum absolute atomic E-state index is 0.00816. The number of amides is 1. The van der Waals surface area contributed by atoms with Crippen molar-refractivity contribution in [2.45, 2.75) is 52.5 Å². The molecule has 1 aliphatic rings. The molecule has 1 saturated heterocycles. The smallest absolute Gasteiger partial charge is 0.251 e. The van der Waals surface area contributed by atoms with E-state index in [1.807, 2.05) is 23.7 Å². The summed E-state index contributed by atoms with van der Waals surface area (Å²) >= 11 is 0. The fourth-order valence-corrected chi connectivity index (χ4v) is 3.88. The Kier molecular flexibility index (Phi) is 6.09. The van der Waals surface area contributed by atoms with Gasteiger partial charge in [-0.1, -0.05) is 12.1 Å². The number of aromatic nitrogens is 2. The first-order valence-electron chi connectivity index (χ1n) is 9.72. The molecular weight excluding hydrogens is 324 g/mol. The lowest BCUT2D eigenvalue weighted by Gasteiger charge is -2.23. The van der Waals surface area contributed by atoms with Crippen molar-refractivity contribution in [1.29, 1.82) is 0 Å². The van der Waals surface area contributed by atoms with Crippen LogP contribution in [0.3, 0.4) is 0 Å². The minimum Gasteiger partial charge on any atom is -0.352 e. The first kappa shape index (κ1) is 18.6. The van der Waals surface area contributed by atoms with E-state index >= 15 is 0 Å². The van der Waals surface area contributed by atoms with E-state index in [1.54, 1.807) is 0 Å². The molecule has 1 amide bonds. The Morgan fingerprint density at radius 1 is 1.38 bits per heavy atom. The van der Waals surface area contributed by atoms with Gasteiger partial charge in [-0.05, 0) is 75.8 Å². The van der Waals surface area contributed by atoms with Gasteiger partial charge < -0.3 is 10.6 Å². The molecule has 1 aliphatic heterocycles.